The van der Waals surface area contributed by atoms with Crippen LogP contribution in [0.2, 0.25) is 0 Å². The van der Waals surface area contributed by atoms with E-state index in [1.807, 2.05) is 12.1 Å². The highest BCUT2D eigenvalue weighted by Gasteiger charge is 2.24. The third-order valence-corrected chi connectivity index (χ3v) is 5.63. The van der Waals surface area contributed by atoms with E-state index in [1.54, 1.807) is 0 Å². The van der Waals surface area contributed by atoms with Crippen molar-refractivity contribution >= 4 is 24.3 Å². The molecule has 1 saturated heterocycles. The lowest BCUT2D eigenvalue weighted by molar-refractivity contribution is -0.138. The zero-order valence-electron chi connectivity index (χ0n) is 15.1. The molecule has 0 spiro atoms. The minimum Gasteiger partial charge on any atom is -0.481 e. The van der Waals surface area contributed by atoms with E-state index in [1.165, 1.54) is 5.56 Å². The maximum Gasteiger partial charge on any atom is 0.303 e. The van der Waals surface area contributed by atoms with E-state index in [2.05, 4.69) is 22.8 Å². The molecule has 144 valence electrons. The summed E-state index contributed by atoms with van der Waals surface area (Å²) in [5.74, 6) is 0.123. The summed E-state index contributed by atoms with van der Waals surface area (Å²) < 4.78 is 0. The van der Waals surface area contributed by atoms with Crippen molar-refractivity contribution in [2.45, 2.75) is 56.9 Å². The molecule has 1 amide bonds. The first-order valence-electron chi connectivity index (χ1n) is 9.45. The van der Waals surface area contributed by atoms with Crippen LogP contribution < -0.4 is 10.6 Å². The molecule has 0 bridgehead atoms. The zero-order chi connectivity index (χ0) is 17.6. The Morgan fingerprint density at radius 3 is 2.19 bits per heavy atom. The molecule has 0 atom stereocenters. The second-order valence-corrected chi connectivity index (χ2v) is 7.44. The van der Waals surface area contributed by atoms with E-state index in [9.17, 15) is 9.59 Å². The van der Waals surface area contributed by atoms with E-state index in [-0.39, 0.29) is 36.7 Å². The second kappa shape index (κ2) is 9.93. The molecule has 1 aromatic rings. The minimum absolute atomic E-state index is 0. The Morgan fingerprint density at radius 2 is 1.62 bits per heavy atom. The second-order valence-electron chi connectivity index (χ2n) is 7.44. The first-order valence-corrected chi connectivity index (χ1v) is 9.45. The van der Waals surface area contributed by atoms with E-state index >= 15 is 0 Å². The molecule has 3 rings (SSSR count). The molecule has 3 N–H and O–H groups in total. The smallest absolute Gasteiger partial charge is 0.303 e. The topological polar surface area (TPSA) is 78.4 Å². The van der Waals surface area contributed by atoms with Gasteiger partial charge in [0.1, 0.15) is 0 Å². The highest BCUT2D eigenvalue weighted by Crippen LogP contribution is 2.28. The first kappa shape index (κ1) is 20.7. The SMILES string of the molecule is Cl.O=C(O)CC1CCC(NC(=O)c2ccc(C3CCNCC3)cc2)CC1. The summed E-state index contributed by atoms with van der Waals surface area (Å²) in [5, 5.41) is 15.4. The van der Waals surface area contributed by atoms with Crippen molar-refractivity contribution < 1.29 is 14.7 Å². The molecule has 5 nitrogen and oxygen atoms in total. The van der Waals surface area contributed by atoms with Gasteiger partial charge in [0.2, 0.25) is 0 Å². The minimum atomic E-state index is -0.721. The van der Waals surface area contributed by atoms with Gasteiger partial charge in [-0.25, -0.2) is 0 Å². The predicted octanol–water partition coefficient (Wildman–Crippen LogP) is 3.34. The van der Waals surface area contributed by atoms with Gasteiger partial charge in [-0.2, -0.15) is 0 Å². The first-order chi connectivity index (χ1) is 12.1. The van der Waals surface area contributed by atoms with Gasteiger partial charge >= 0.3 is 5.97 Å². The number of hydrogen-bond donors (Lipinski definition) is 3. The molecule has 0 radical (unpaired) electrons. The van der Waals surface area contributed by atoms with Gasteiger partial charge in [-0.3, -0.25) is 9.59 Å². The quantitative estimate of drug-likeness (QED) is 0.732. The molecule has 1 aliphatic carbocycles. The maximum atomic E-state index is 12.4. The molecule has 2 fully saturated rings. The molecule has 0 aromatic heterocycles. The molecule has 6 heteroatoms. The highest BCUT2D eigenvalue weighted by molar-refractivity contribution is 5.94. The zero-order valence-corrected chi connectivity index (χ0v) is 15.9. The van der Waals surface area contributed by atoms with Crippen molar-refractivity contribution in [3.63, 3.8) is 0 Å². The Hall–Kier alpha value is -1.59. The summed E-state index contributed by atoms with van der Waals surface area (Å²) in [4.78, 5) is 23.2. The molecule has 2 aliphatic rings. The fourth-order valence-corrected chi connectivity index (χ4v) is 4.09. The average molecular weight is 381 g/mol. The van der Waals surface area contributed by atoms with E-state index in [4.69, 9.17) is 5.11 Å². The summed E-state index contributed by atoms with van der Waals surface area (Å²) in [5.41, 5.74) is 2.04. The van der Waals surface area contributed by atoms with Crippen LogP contribution in [0.15, 0.2) is 24.3 Å². The van der Waals surface area contributed by atoms with Crippen molar-refractivity contribution in [3.05, 3.63) is 35.4 Å². The number of rotatable bonds is 5. The van der Waals surface area contributed by atoms with Gasteiger partial charge in [-0.05, 0) is 81.1 Å². The van der Waals surface area contributed by atoms with Gasteiger partial charge in [0.15, 0.2) is 0 Å². The molecule has 1 aromatic carbocycles. The number of hydrogen-bond acceptors (Lipinski definition) is 3. The molecule has 1 aliphatic heterocycles. The van der Waals surface area contributed by atoms with Crippen LogP contribution in [-0.2, 0) is 4.79 Å². The van der Waals surface area contributed by atoms with Gasteiger partial charge in [0.05, 0.1) is 0 Å². The number of benzene rings is 1. The number of carboxylic acids is 1. The number of nitrogens with one attached hydrogen (secondary N) is 2. The molecule has 0 unspecified atom stereocenters. The summed E-state index contributed by atoms with van der Waals surface area (Å²) in [6.07, 6.45) is 6.07. The van der Waals surface area contributed by atoms with Crippen LogP contribution in [-0.4, -0.2) is 36.1 Å². The normalized spacial score (nSPS) is 23.7. The van der Waals surface area contributed by atoms with Gasteiger partial charge in [-0.1, -0.05) is 12.1 Å². The number of carbonyl (C=O) groups excluding carboxylic acids is 1. The summed E-state index contributed by atoms with van der Waals surface area (Å²) >= 11 is 0. The van der Waals surface area contributed by atoms with Crippen molar-refractivity contribution in [1.82, 2.24) is 10.6 Å². The average Bonchev–Trinajstić information content (AvgIpc) is 2.64. The molecule has 26 heavy (non-hydrogen) atoms. The fraction of sp³-hybridized carbons (Fsp3) is 0.600. The summed E-state index contributed by atoms with van der Waals surface area (Å²) in [6.45, 7) is 2.13. The van der Waals surface area contributed by atoms with Gasteiger partial charge in [-0.15, -0.1) is 12.4 Å². The maximum absolute atomic E-state index is 12.4. The Balaban J connectivity index is 0.00000243. The van der Waals surface area contributed by atoms with Crippen LogP contribution in [0.4, 0.5) is 0 Å². The number of amides is 1. The molecular formula is C20H29ClN2O3. The standard InChI is InChI=1S/C20H28N2O3.ClH/c23-19(24)13-14-1-7-18(8-2-14)22-20(25)17-5-3-15(4-6-17)16-9-11-21-12-10-16;/h3-6,14,16,18,21H,1-2,7-13H2,(H,22,25)(H,23,24);1H. The van der Waals surface area contributed by atoms with Crippen LogP contribution in [0.25, 0.3) is 0 Å². The van der Waals surface area contributed by atoms with Crippen LogP contribution in [0, 0.1) is 5.92 Å². The molecule has 1 heterocycles. The highest BCUT2D eigenvalue weighted by atomic mass is 35.5. The van der Waals surface area contributed by atoms with Crippen LogP contribution in [0.5, 0.6) is 0 Å². The lowest BCUT2D eigenvalue weighted by Crippen LogP contribution is -2.37. The third kappa shape index (κ3) is 5.71. The Kier molecular flexibility index (Phi) is 7.91. The van der Waals surface area contributed by atoms with Gasteiger partial charge in [0.25, 0.3) is 5.91 Å². The van der Waals surface area contributed by atoms with Gasteiger partial charge in [0, 0.05) is 18.0 Å². The fourth-order valence-electron chi connectivity index (χ4n) is 4.09. The third-order valence-electron chi connectivity index (χ3n) is 5.63. The van der Waals surface area contributed by atoms with E-state index in [0.29, 0.717) is 11.5 Å². The van der Waals surface area contributed by atoms with Crippen molar-refractivity contribution in [1.29, 1.82) is 0 Å². The van der Waals surface area contributed by atoms with Gasteiger partial charge < -0.3 is 15.7 Å². The Morgan fingerprint density at radius 1 is 1.00 bits per heavy atom. The van der Waals surface area contributed by atoms with E-state index < -0.39 is 5.97 Å². The van der Waals surface area contributed by atoms with Crippen molar-refractivity contribution in [2.75, 3.05) is 13.1 Å². The summed E-state index contributed by atoms with van der Waals surface area (Å²) in [7, 11) is 0. The number of piperidine rings is 1. The number of halogens is 1. The van der Waals surface area contributed by atoms with Crippen molar-refractivity contribution in [3.8, 4) is 0 Å². The van der Waals surface area contributed by atoms with Crippen LogP contribution in [0.1, 0.15) is 66.8 Å². The largest absolute Gasteiger partial charge is 0.481 e. The van der Waals surface area contributed by atoms with Crippen LogP contribution >= 0.6 is 12.4 Å². The summed E-state index contributed by atoms with van der Waals surface area (Å²) in [6, 6.07) is 8.22. The lowest BCUT2D eigenvalue weighted by Gasteiger charge is -2.28. The van der Waals surface area contributed by atoms with Crippen molar-refractivity contribution in [2.24, 2.45) is 5.92 Å². The Labute approximate surface area is 161 Å². The number of carboxylic acid groups (broad SMARTS) is 1. The molecule has 1 saturated carbocycles. The number of aliphatic carboxylic acids is 1. The lowest BCUT2D eigenvalue weighted by atomic mass is 9.84. The predicted molar refractivity (Wildman–Crippen MR) is 104 cm³/mol. The van der Waals surface area contributed by atoms with Crippen LogP contribution in [0.3, 0.4) is 0 Å². The monoisotopic (exact) mass is 380 g/mol. The molecular weight excluding hydrogens is 352 g/mol. The number of carbonyl (C=O) groups is 2. The Bertz CT molecular complexity index is 592. The van der Waals surface area contributed by atoms with E-state index in [0.717, 1.165) is 51.6 Å².